The molecule has 0 unspecified atom stereocenters. The first-order chi connectivity index (χ1) is 13.3. The van der Waals surface area contributed by atoms with E-state index in [1.165, 1.54) is 23.1 Å². The molecule has 0 heterocycles. The topological polar surface area (TPSA) is 35.5 Å². The van der Waals surface area contributed by atoms with Crippen molar-refractivity contribution in [3.05, 3.63) is 58.7 Å². The Balaban J connectivity index is 2.72. The van der Waals surface area contributed by atoms with Crippen molar-refractivity contribution < 1.29 is 14.3 Å². The van der Waals surface area contributed by atoms with E-state index in [1.54, 1.807) is 6.07 Å². The summed E-state index contributed by atoms with van der Waals surface area (Å²) in [5.74, 6) is 0.389. The fraction of sp³-hybridized carbons (Fsp3) is 0.480. The number of allylic oxidation sites excluding steroid dienone is 5. The van der Waals surface area contributed by atoms with E-state index in [-0.39, 0.29) is 11.4 Å². The Morgan fingerprint density at radius 3 is 2.54 bits per heavy atom. The quantitative estimate of drug-likeness (QED) is 0.386. The fourth-order valence-electron chi connectivity index (χ4n) is 4.17. The van der Waals surface area contributed by atoms with Gasteiger partial charge in [-0.2, -0.15) is 0 Å². The maximum absolute atomic E-state index is 12.2. The molecule has 3 nitrogen and oxygen atoms in total. The molecule has 1 aromatic carbocycles. The molecule has 0 N–H and O–H groups in total. The van der Waals surface area contributed by atoms with Crippen molar-refractivity contribution in [2.24, 2.45) is 5.41 Å². The van der Waals surface area contributed by atoms with Crippen LogP contribution in [-0.2, 0) is 4.74 Å². The molecule has 2 rings (SSSR count). The summed E-state index contributed by atoms with van der Waals surface area (Å²) < 4.78 is 11.1. The van der Waals surface area contributed by atoms with Crippen LogP contribution in [0.5, 0.6) is 5.75 Å². The molecule has 0 bridgehead atoms. The van der Waals surface area contributed by atoms with Crippen LogP contribution >= 0.6 is 0 Å². The van der Waals surface area contributed by atoms with Gasteiger partial charge in [0.25, 0.3) is 0 Å². The summed E-state index contributed by atoms with van der Waals surface area (Å²) >= 11 is 0. The van der Waals surface area contributed by atoms with Gasteiger partial charge in [0.1, 0.15) is 5.75 Å². The van der Waals surface area contributed by atoms with Crippen molar-refractivity contribution in [2.45, 2.75) is 60.8 Å². The largest absolute Gasteiger partial charge is 0.493 e. The Kier molecular flexibility index (Phi) is 7.29. The first-order valence-electron chi connectivity index (χ1n) is 10.2. The molecule has 1 aliphatic rings. The molecule has 152 valence electrons. The molecule has 28 heavy (non-hydrogen) atoms. The number of benzene rings is 1. The second kappa shape index (κ2) is 9.27. The van der Waals surface area contributed by atoms with Gasteiger partial charge in [0, 0.05) is 5.56 Å². The number of esters is 1. The van der Waals surface area contributed by atoms with Gasteiger partial charge < -0.3 is 9.47 Å². The predicted octanol–water partition coefficient (Wildman–Crippen LogP) is 6.75. The van der Waals surface area contributed by atoms with Gasteiger partial charge in [0.05, 0.1) is 18.8 Å². The highest BCUT2D eigenvalue weighted by Gasteiger charge is 2.33. The lowest BCUT2D eigenvalue weighted by molar-refractivity contribution is 0.0526. The summed E-state index contributed by atoms with van der Waals surface area (Å²) in [5, 5.41) is 0. The SMILES string of the molecule is C=C/C(C)=C(\C1=C(C)CCCC1(C)C)c1ccc(C(=O)OCC)cc1OCC. The lowest BCUT2D eigenvalue weighted by atomic mass is 9.68. The van der Waals surface area contributed by atoms with Gasteiger partial charge in [0.2, 0.25) is 0 Å². The minimum absolute atomic E-state index is 0.0746. The minimum atomic E-state index is -0.325. The number of carbonyl (C=O) groups excluding carboxylic acids is 1. The highest BCUT2D eigenvalue weighted by molar-refractivity contribution is 5.93. The lowest BCUT2D eigenvalue weighted by Crippen LogP contribution is -2.22. The third-order valence-corrected chi connectivity index (χ3v) is 5.47. The van der Waals surface area contributed by atoms with Crippen LogP contribution in [-0.4, -0.2) is 19.2 Å². The highest BCUT2D eigenvalue weighted by atomic mass is 16.5. The summed E-state index contributed by atoms with van der Waals surface area (Å²) in [6, 6.07) is 5.63. The lowest BCUT2D eigenvalue weighted by Gasteiger charge is -2.37. The van der Waals surface area contributed by atoms with E-state index >= 15 is 0 Å². The van der Waals surface area contributed by atoms with Crippen molar-refractivity contribution >= 4 is 11.5 Å². The third kappa shape index (κ3) is 4.57. The summed E-state index contributed by atoms with van der Waals surface area (Å²) in [7, 11) is 0. The van der Waals surface area contributed by atoms with Gasteiger partial charge in [-0.15, -0.1) is 0 Å². The summed E-state index contributed by atoms with van der Waals surface area (Å²) in [6.45, 7) is 17.6. The molecule has 0 aromatic heterocycles. The molecule has 0 atom stereocenters. The van der Waals surface area contributed by atoms with Crippen LogP contribution in [0, 0.1) is 5.41 Å². The molecule has 0 aliphatic heterocycles. The second-order valence-corrected chi connectivity index (χ2v) is 8.02. The van der Waals surface area contributed by atoms with Crippen molar-refractivity contribution in [1.82, 2.24) is 0 Å². The third-order valence-electron chi connectivity index (χ3n) is 5.47. The maximum Gasteiger partial charge on any atom is 0.338 e. The van der Waals surface area contributed by atoms with Gasteiger partial charge in [-0.1, -0.05) is 32.1 Å². The molecule has 0 fully saturated rings. The van der Waals surface area contributed by atoms with Crippen molar-refractivity contribution in [3.8, 4) is 5.75 Å². The summed E-state index contributed by atoms with van der Waals surface area (Å²) in [6.07, 6.45) is 5.38. The van der Waals surface area contributed by atoms with Crippen LogP contribution in [0.1, 0.15) is 76.7 Å². The zero-order valence-corrected chi connectivity index (χ0v) is 18.3. The second-order valence-electron chi connectivity index (χ2n) is 8.02. The van der Waals surface area contributed by atoms with E-state index in [4.69, 9.17) is 9.47 Å². The molecule has 0 amide bonds. The molecule has 1 aliphatic carbocycles. The first-order valence-corrected chi connectivity index (χ1v) is 10.2. The molecule has 0 spiro atoms. The van der Waals surface area contributed by atoms with E-state index in [1.807, 2.05) is 32.1 Å². The van der Waals surface area contributed by atoms with E-state index in [0.29, 0.717) is 24.5 Å². The number of ether oxygens (including phenoxy) is 2. The Morgan fingerprint density at radius 1 is 1.25 bits per heavy atom. The van der Waals surface area contributed by atoms with Crippen molar-refractivity contribution in [2.75, 3.05) is 13.2 Å². The number of carbonyl (C=O) groups is 1. The van der Waals surface area contributed by atoms with Crippen LogP contribution in [0.25, 0.3) is 5.57 Å². The van der Waals surface area contributed by atoms with Crippen molar-refractivity contribution in [1.29, 1.82) is 0 Å². The predicted molar refractivity (Wildman–Crippen MR) is 117 cm³/mol. The summed E-state index contributed by atoms with van der Waals surface area (Å²) in [4.78, 5) is 12.2. The summed E-state index contributed by atoms with van der Waals surface area (Å²) in [5.41, 5.74) is 6.69. The number of hydrogen-bond donors (Lipinski definition) is 0. The normalized spacial score (nSPS) is 17.1. The van der Waals surface area contributed by atoms with Gasteiger partial charge in [-0.3, -0.25) is 0 Å². The highest BCUT2D eigenvalue weighted by Crippen LogP contribution is 2.49. The average Bonchev–Trinajstić information content (AvgIpc) is 2.64. The van der Waals surface area contributed by atoms with E-state index < -0.39 is 0 Å². The molecular formula is C25H34O3. The standard InChI is InChI=1S/C25H34O3/c1-8-17(4)22(23-18(5)12-11-15-25(23,6)7)20-14-13-19(24(26)28-10-3)16-21(20)27-9-2/h8,13-14,16H,1,9-12,15H2,2-7H3/b22-17-. The zero-order chi connectivity index (χ0) is 20.9. The van der Waals surface area contributed by atoms with Crippen LogP contribution < -0.4 is 4.74 Å². The molecule has 0 saturated heterocycles. The zero-order valence-electron chi connectivity index (χ0n) is 18.3. The molecular weight excluding hydrogens is 348 g/mol. The van der Waals surface area contributed by atoms with Crippen LogP contribution in [0.2, 0.25) is 0 Å². The van der Waals surface area contributed by atoms with E-state index in [9.17, 15) is 4.79 Å². The van der Waals surface area contributed by atoms with Crippen LogP contribution in [0.4, 0.5) is 0 Å². The smallest absolute Gasteiger partial charge is 0.338 e. The van der Waals surface area contributed by atoms with E-state index in [2.05, 4.69) is 34.3 Å². The molecule has 3 heteroatoms. The Hall–Kier alpha value is -2.29. The van der Waals surface area contributed by atoms with Crippen LogP contribution in [0.3, 0.4) is 0 Å². The van der Waals surface area contributed by atoms with E-state index in [0.717, 1.165) is 24.0 Å². The maximum atomic E-state index is 12.2. The van der Waals surface area contributed by atoms with Gasteiger partial charge in [-0.25, -0.2) is 4.79 Å². The average molecular weight is 383 g/mol. The van der Waals surface area contributed by atoms with Gasteiger partial charge >= 0.3 is 5.97 Å². The Labute approximate surface area is 170 Å². The van der Waals surface area contributed by atoms with Crippen molar-refractivity contribution in [3.63, 3.8) is 0 Å². The van der Waals surface area contributed by atoms with Crippen LogP contribution in [0.15, 0.2) is 47.6 Å². The number of rotatable bonds is 7. The Bertz CT molecular complexity index is 809. The van der Waals surface area contributed by atoms with Gasteiger partial charge in [-0.05, 0) is 87.3 Å². The molecule has 0 saturated carbocycles. The fourth-order valence-corrected chi connectivity index (χ4v) is 4.17. The minimum Gasteiger partial charge on any atom is -0.493 e. The monoisotopic (exact) mass is 382 g/mol. The van der Waals surface area contributed by atoms with Gasteiger partial charge in [0.15, 0.2) is 0 Å². The molecule has 0 radical (unpaired) electrons. The number of hydrogen-bond acceptors (Lipinski definition) is 3. The molecule has 1 aromatic rings. The Morgan fingerprint density at radius 2 is 1.96 bits per heavy atom. The first kappa shape index (κ1) is 22.0.